The van der Waals surface area contributed by atoms with Gasteiger partial charge in [0, 0.05) is 13.1 Å². The number of nitrogens with zero attached hydrogens (tertiary/aromatic N) is 1. The highest BCUT2D eigenvalue weighted by Crippen LogP contribution is 2.65. The number of hydrogen-bond acceptors (Lipinski definition) is 7. The first kappa shape index (κ1) is 39.5. The van der Waals surface area contributed by atoms with Gasteiger partial charge in [-0.2, -0.15) is 0 Å². The van der Waals surface area contributed by atoms with Crippen molar-refractivity contribution in [3.8, 4) is 0 Å². The van der Waals surface area contributed by atoms with Crippen molar-refractivity contribution in [3.63, 3.8) is 0 Å². The molecule has 5 rings (SSSR count). The van der Waals surface area contributed by atoms with E-state index in [9.17, 15) is 32.4 Å². The van der Waals surface area contributed by atoms with E-state index in [1.54, 1.807) is 32.6 Å². The number of fused-ring (bicyclic) bond motifs is 1. The van der Waals surface area contributed by atoms with Crippen LogP contribution in [0.4, 0.5) is 4.79 Å². The lowest BCUT2D eigenvalue weighted by molar-refractivity contribution is -0.146. The van der Waals surface area contributed by atoms with Gasteiger partial charge in [-0.25, -0.2) is 13.2 Å². The molecule has 288 valence electrons. The topological polar surface area (TPSA) is 171 Å². The Bertz CT molecular complexity index is 1540. The fourth-order valence-corrected chi connectivity index (χ4v) is 11.1. The molecule has 4 saturated carbocycles. The van der Waals surface area contributed by atoms with Crippen molar-refractivity contribution >= 4 is 39.4 Å². The van der Waals surface area contributed by atoms with Crippen LogP contribution in [0.1, 0.15) is 127 Å². The highest BCUT2D eigenvalue weighted by Gasteiger charge is 2.71. The normalized spacial score (nSPS) is 30.7. The van der Waals surface area contributed by atoms with E-state index in [-0.39, 0.29) is 23.2 Å². The van der Waals surface area contributed by atoms with Gasteiger partial charge in [0.05, 0.1) is 15.5 Å². The molecule has 0 bridgehead atoms. The molecule has 5 aliphatic rings. The van der Waals surface area contributed by atoms with Gasteiger partial charge < -0.3 is 26.2 Å². The van der Waals surface area contributed by atoms with E-state index in [4.69, 9.17) is 0 Å². The summed E-state index contributed by atoms with van der Waals surface area (Å²) in [6.07, 6.45) is 6.58. The van der Waals surface area contributed by atoms with Crippen molar-refractivity contribution in [1.29, 1.82) is 0 Å². The number of amides is 5. The highest BCUT2D eigenvalue weighted by atomic mass is 32.2. The zero-order valence-corrected chi connectivity index (χ0v) is 33.3. The van der Waals surface area contributed by atoms with Gasteiger partial charge in [-0.05, 0) is 94.3 Å². The number of rotatable bonds is 12. The second-order valence-corrected chi connectivity index (χ2v) is 22.1. The molecule has 7 atom stereocenters. The van der Waals surface area contributed by atoms with Crippen LogP contribution in [0.5, 0.6) is 0 Å². The number of piperidine rings is 1. The summed E-state index contributed by atoms with van der Waals surface area (Å²) in [5.41, 5.74) is -3.24. The monoisotopic (exact) mass is 733 g/mol. The van der Waals surface area contributed by atoms with Gasteiger partial charge in [-0.3, -0.25) is 19.2 Å². The minimum atomic E-state index is -3.64. The molecule has 0 spiro atoms. The van der Waals surface area contributed by atoms with Gasteiger partial charge in [0.25, 0.3) is 5.91 Å². The van der Waals surface area contributed by atoms with Crippen LogP contribution in [0, 0.1) is 34.5 Å². The number of likely N-dealkylation sites (tertiary alicyclic amines) is 1. The van der Waals surface area contributed by atoms with Crippen molar-refractivity contribution < 1.29 is 32.4 Å². The third-order valence-corrected chi connectivity index (χ3v) is 16.2. The van der Waals surface area contributed by atoms with Crippen LogP contribution >= 0.6 is 0 Å². The molecule has 0 aromatic rings. The summed E-state index contributed by atoms with van der Waals surface area (Å²) < 4.78 is 26.3. The average molecular weight is 734 g/mol. The molecule has 0 unspecified atom stereocenters. The predicted molar refractivity (Wildman–Crippen MR) is 195 cm³/mol. The SMILES string of the molecule is CC[C@H]1C[C@]1(NC(=O)[C@@H]1[C@@H]2[C@H](CN1C(=O)[C@@H](NC(=O)NC1([C@H](C)S(=O)(=O)C(C)(C)C)CCCCC1)C(C)(C)C)C2(C)C)C(=O)C(=O)NCC1CC1. The lowest BCUT2D eigenvalue weighted by Gasteiger charge is -2.45. The molecule has 13 heteroatoms. The van der Waals surface area contributed by atoms with Gasteiger partial charge in [-0.1, -0.05) is 67.2 Å². The lowest BCUT2D eigenvalue weighted by atomic mass is 9.79. The molecule has 5 fully saturated rings. The Hall–Kier alpha value is -2.70. The van der Waals surface area contributed by atoms with E-state index in [1.807, 2.05) is 27.7 Å². The highest BCUT2D eigenvalue weighted by molar-refractivity contribution is 7.93. The molecule has 1 aliphatic heterocycles. The number of hydrogen-bond donors (Lipinski definition) is 4. The van der Waals surface area contributed by atoms with Crippen LogP contribution in [0.15, 0.2) is 0 Å². The van der Waals surface area contributed by atoms with E-state index < -0.39 is 77.9 Å². The average Bonchev–Trinajstić information content (AvgIpc) is 3.99. The molecule has 1 heterocycles. The maximum atomic E-state index is 14.6. The zero-order chi connectivity index (χ0) is 38.1. The zero-order valence-electron chi connectivity index (χ0n) is 32.5. The first-order valence-corrected chi connectivity index (χ1v) is 20.8. The maximum Gasteiger partial charge on any atom is 0.315 e. The number of carbonyl (C=O) groups is 5. The smallest absolute Gasteiger partial charge is 0.315 e. The third kappa shape index (κ3) is 7.30. The van der Waals surface area contributed by atoms with E-state index in [0.717, 1.165) is 32.1 Å². The Kier molecular flexibility index (Phi) is 10.3. The minimum absolute atomic E-state index is 0.0651. The summed E-state index contributed by atoms with van der Waals surface area (Å²) in [6, 6.07) is -2.51. The maximum absolute atomic E-state index is 14.6. The number of Topliss-reactive ketones (excluding diaryl/α,β-unsaturated/α-hetero) is 1. The van der Waals surface area contributed by atoms with Crippen LogP contribution in [0.2, 0.25) is 0 Å². The van der Waals surface area contributed by atoms with Crippen LogP contribution in [-0.2, 0) is 29.0 Å². The molecule has 5 amide bonds. The fraction of sp³-hybridized carbons (Fsp3) is 0.868. The first-order valence-electron chi connectivity index (χ1n) is 19.2. The Balaban J connectivity index is 1.36. The Labute approximate surface area is 305 Å². The Morgan fingerprint density at radius 2 is 1.53 bits per heavy atom. The quantitative estimate of drug-likeness (QED) is 0.221. The molecule has 1 saturated heterocycles. The van der Waals surface area contributed by atoms with Crippen molar-refractivity contribution in [2.75, 3.05) is 13.1 Å². The van der Waals surface area contributed by atoms with E-state index in [2.05, 4.69) is 35.1 Å². The van der Waals surface area contributed by atoms with Gasteiger partial charge in [0.15, 0.2) is 9.84 Å². The first-order chi connectivity index (χ1) is 23.4. The van der Waals surface area contributed by atoms with Gasteiger partial charge in [0.1, 0.15) is 17.6 Å². The number of ketones is 1. The number of nitrogens with one attached hydrogen (secondary N) is 4. The van der Waals surface area contributed by atoms with Crippen LogP contribution in [0.25, 0.3) is 0 Å². The second-order valence-electron chi connectivity index (χ2n) is 19.1. The molecule has 4 aliphatic carbocycles. The van der Waals surface area contributed by atoms with Gasteiger partial charge >= 0.3 is 6.03 Å². The largest absolute Gasteiger partial charge is 0.349 e. The number of sulfone groups is 1. The van der Waals surface area contributed by atoms with E-state index >= 15 is 0 Å². The van der Waals surface area contributed by atoms with Crippen molar-refractivity contribution in [2.24, 2.45) is 34.5 Å². The van der Waals surface area contributed by atoms with Gasteiger partial charge in [-0.15, -0.1) is 0 Å². The standard InChI is InChI=1S/C38H63N5O7S/c1-11-24-19-38(24,29(44)31(46)39-20-23-15-16-23)41-30(45)27-26-25(36(26,9)10)21-43(27)32(47)28(34(3,4)5)40-33(48)42-37(17-13-12-14-18-37)22(2)51(49,50)35(6,7)8/h22-28H,11-21H2,1-10H3,(H,39,46)(H,41,45)(H2,40,42,48)/t22-,24-,25-,26-,27-,28+,38+/m0/s1. The molecule has 4 N–H and O–H groups in total. The van der Waals surface area contributed by atoms with Crippen molar-refractivity contribution in [2.45, 2.75) is 160 Å². The summed E-state index contributed by atoms with van der Waals surface area (Å²) >= 11 is 0. The summed E-state index contributed by atoms with van der Waals surface area (Å²) in [4.78, 5) is 70.8. The molecule has 51 heavy (non-hydrogen) atoms. The lowest BCUT2D eigenvalue weighted by Crippen LogP contribution is -2.66. The minimum Gasteiger partial charge on any atom is -0.349 e. The van der Waals surface area contributed by atoms with Crippen molar-refractivity contribution in [1.82, 2.24) is 26.2 Å². The molecule has 0 aromatic heterocycles. The molecule has 0 radical (unpaired) electrons. The summed E-state index contributed by atoms with van der Waals surface area (Å²) in [7, 11) is -3.64. The molecule has 0 aromatic carbocycles. The Morgan fingerprint density at radius 1 is 0.922 bits per heavy atom. The number of urea groups is 1. The molecule has 12 nitrogen and oxygen atoms in total. The molecular weight excluding hydrogens is 671 g/mol. The second kappa shape index (κ2) is 13.3. The summed E-state index contributed by atoms with van der Waals surface area (Å²) in [5.74, 6) is -1.99. The third-order valence-electron chi connectivity index (χ3n) is 13.2. The van der Waals surface area contributed by atoms with Crippen LogP contribution in [0.3, 0.4) is 0 Å². The van der Waals surface area contributed by atoms with Crippen molar-refractivity contribution in [3.05, 3.63) is 0 Å². The van der Waals surface area contributed by atoms with E-state index in [0.29, 0.717) is 44.7 Å². The predicted octanol–water partition coefficient (Wildman–Crippen LogP) is 3.87. The van der Waals surface area contributed by atoms with Crippen LogP contribution < -0.4 is 21.3 Å². The van der Waals surface area contributed by atoms with E-state index in [1.165, 1.54) is 0 Å². The van der Waals surface area contributed by atoms with Crippen LogP contribution in [-0.4, -0.2) is 89.1 Å². The number of carbonyl (C=O) groups excluding carboxylic acids is 5. The van der Waals surface area contributed by atoms with Gasteiger partial charge in [0.2, 0.25) is 17.6 Å². The fourth-order valence-electron chi connectivity index (χ4n) is 9.11. The summed E-state index contributed by atoms with van der Waals surface area (Å²) in [5, 5.41) is 10.9. The molecular formula is C38H63N5O7S. The summed E-state index contributed by atoms with van der Waals surface area (Å²) in [6.45, 7) is 19.1. The Morgan fingerprint density at radius 3 is 2.04 bits per heavy atom.